The zero-order valence-electron chi connectivity index (χ0n) is 17.4. The van der Waals surface area contributed by atoms with E-state index < -0.39 is 52.9 Å². The number of ether oxygens (including phenoxy) is 2. The fourth-order valence-corrected chi connectivity index (χ4v) is 6.15. The number of aliphatic hydroxyl groups is 1. The molecule has 32 heavy (non-hydrogen) atoms. The highest BCUT2D eigenvalue weighted by molar-refractivity contribution is 7.90. The fraction of sp³-hybridized carbons (Fsp3) is 0.455. The summed E-state index contributed by atoms with van der Waals surface area (Å²) in [6, 6.07) is 5.13. The van der Waals surface area contributed by atoms with Crippen molar-refractivity contribution >= 4 is 21.4 Å². The maximum absolute atomic E-state index is 15.0. The van der Waals surface area contributed by atoms with E-state index in [0.29, 0.717) is 23.1 Å². The SMILES string of the molecule is COCO[C@H]1c2c(S(C)(=O)=O)ccc([C@H]3CC[C@@H](O)c4cc(F)cc(Cl)c43)c2CC1(F)F. The van der Waals surface area contributed by atoms with Gasteiger partial charge in [-0.2, -0.15) is 0 Å². The summed E-state index contributed by atoms with van der Waals surface area (Å²) in [5.41, 5.74) is 1.33. The quantitative estimate of drug-likeness (QED) is 0.615. The number of hydrogen-bond donors (Lipinski definition) is 1. The van der Waals surface area contributed by atoms with Crippen LogP contribution in [0.15, 0.2) is 29.2 Å². The van der Waals surface area contributed by atoms with Crippen LogP contribution in [0, 0.1) is 5.82 Å². The number of benzene rings is 2. The average molecular weight is 491 g/mol. The molecule has 1 N–H and O–H groups in total. The van der Waals surface area contributed by atoms with Crippen LogP contribution in [0.4, 0.5) is 13.2 Å². The molecule has 0 saturated carbocycles. The first-order valence-corrected chi connectivity index (χ1v) is 12.2. The van der Waals surface area contributed by atoms with Crippen molar-refractivity contribution in [3.8, 4) is 0 Å². The minimum atomic E-state index is -3.84. The Kier molecular flexibility index (Phi) is 6.09. The first-order chi connectivity index (χ1) is 15.0. The van der Waals surface area contributed by atoms with E-state index in [4.69, 9.17) is 21.1 Å². The van der Waals surface area contributed by atoms with E-state index in [1.165, 1.54) is 25.3 Å². The molecular formula is C22H22ClF3O5S. The molecule has 0 saturated heterocycles. The largest absolute Gasteiger partial charge is 0.388 e. The third kappa shape index (κ3) is 3.94. The molecule has 5 nitrogen and oxygen atoms in total. The van der Waals surface area contributed by atoms with Crippen LogP contribution in [0.1, 0.15) is 58.8 Å². The summed E-state index contributed by atoms with van der Waals surface area (Å²) < 4.78 is 78.9. The van der Waals surface area contributed by atoms with Crippen molar-refractivity contribution in [2.45, 2.75) is 48.2 Å². The van der Waals surface area contributed by atoms with Crippen LogP contribution in [0.25, 0.3) is 0 Å². The standard InChI is InChI=1S/C22H22ClF3O5S/c1-30-10-31-21-20-15(9-22(21,25)26)12(4-6-18(20)32(2,28)29)13-3-5-17(27)14-7-11(24)8-16(23)19(13)14/h4,6-8,13,17,21,27H,3,5,9-10H2,1-2H3/t13-,17-,21+/m1/s1. The van der Waals surface area contributed by atoms with Crippen molar-refractivity contribution < 1.29 is 36.2 Å². The lowest BCUT2D eigenvalue weighted by Crippen LogP contribution is -2.26. The monoisotopic (exact) mass is 490 g/mol. The number of halogens is 4. The first kappa shape index (κ1) is 23.5. The predicted molar refractivity (Wildman–Crippen MR) is 111 cm³/mol. The topological polar surface area (TPSA) is 72.8 Å². The van der Waals surface area contributed by atoms with Gasteiger partial charge in [0.15, 0.2) is 15.9 Å². The molecule has 0 amide bonds. The molecule has 0 unspecified atom stereocenters. The number of alkyl halides is 2. The predicted octanol–water partition coefficient (Wildman–Crippen LogP) is 4.69. The van der Waals surface area contributed by atoms with Crippen molar-refractivity contribution in [1.29, 1.82) is 0 Å². The molecule has 0 radical (unpaired) electrons. The third-order valence-electron chi connectivity index (χ3n) is 6.10. The average Bonchev–Trinajstić information content (AvgIpc) is 2.95. The van der Waals surface area contributed by atoms with E-state index in [-0.39, 0.29) is 27.5 Å². The molecule has 2 aliphatic rings. The van der Waals surface area contributed by atoms with Gasteiger partial charge < -0.3 is 14.6 Å². The van der Waals surface area contributed by atoms with Crippen molar-refractivity contribution in [3.05, 3.63) is 62.9 Å². The van der Waals surface area contributed by atoms with Gasteiger partial charge in [-0.1, -0.05) is 17.7 Å². The maximum atomic E-state index is 15.0. The number of rotatable bonds is 5. The molecule has 10 heteroatoms. The van der Waals surface area contributed by atoms with Gasteiger partial charge in [0.2, 0.25) is 0 Å². The summed E-state index contributed by atoms with van der Waals surface area (Å²) in [7, 11) is -2.55. The highest BCUT2D eigenvalue weighted by atomic mass is 35.5. The maximum Gasteiger partial charge on any atom is 0.282 e. The second kappa shape index (κ2) is 8.29. The summed E-state index contributed by atoms with van der Waals surface area (Å²) in [6.45, 7) is -0.434. The number of sulfone groups is 1. The minimum Gasteiger partial charge on any atom is -0.388 e. The van der Waals surface area contributed by atoms with Crippen LogP contribution in [0.5, 0.6) is 0 Å². The van der Waals surface area contributed by atoms with E-state index in [1.807, 2.05) is 0 Å². The van der Waals surface area contributed by atoms with E-state index in [1.54, 1.807) is 0 Å². The zero-order chi connectivity index (χ0) is 23.4. The zero-order valence-corrected chi connectivity index (χ0v) is 18.9. The van der Waals surface area contributed by atoms with Gasteiger partial charge in [0.25, 0.3) is 5.92 Å². The second-order valence-corrected chi connectivity index (χ2v) is 10.6. The van der Waals surface area contributed by atoms with Crippen LogP contribution in [0.2, 0.25) is 5.02 Å². The van der Waals surface area contributed by atoms with Crippen LogP contribution >= 0.6 is 11.6 Å². The van der Waals surface area contributed by atoms with Crippen molar-refractivity contribution in [3.63, 3.8) is 0 Å². The molecule has 0 aliphatic heterocycles. The van der Waals surface area contributed by atoms with E-state index >= 15 is 8.78 Å². The number of hydrogen-bond acceptors (Lipinski definition) is 5. The number of methoxy groups -OCH3 is 1. The van der Waals surface area contributed by atoms with Gasteiger partial charge in [-0.3, -0.25) is 0 Å². The van der Waals surface area contributed by atoms with Gasteiger partial charge in [-0.25, -0.2) is 21.6 Å². The van der Waals surface area contributed by atoms with Crippen molar-refractivity contribution in [1.82, 2.24) is 0 Å². The van der Waals surface area contributed by atoms with E-state index in [9.17, 15) is 17.9 Å². The molecule has 2 aromatic rings. The van der Waals surface area contributed by atoms with Gasteiger partial charge in [-0.05, 0) is 53.3 Å². The molecule has 3 atom stereocenters. The van der Waals surface area contributed by atoms with E-state index in [0.717, 1.165) is 12.3 Å². The summed E-state index contributed by atoms with van der Waals surface area (Å²) in [5.74, 6) is -4.48. The molecule has 0 fully saturated rings. The molecular weight excluding hydrogens is 469 g/mol. The van der Waals surface area contributed by atoms with Gasteiger partial charge >= 0.3 is 0 Å². The third-order valence-corrected chi connectivity index (χ3v) is 7.57. The molecule has 0 bridgehead atoms. The fourth-order valence-electron chi connectivity index (χ4n) is 4.86. The molecule has 0 aromatic heterocycles. The van der Waals surface area contributed by atoms with Crippen LogP contribution in [-0.4, -0.2) is 39.6 Å². The van der Waals surface area contributed by atoms with Crippen LogP contribution in [-0.2, 0) is 25.7 Å². The molecule has 0 heterocycles. The Bertz CT molecular complexity index is 1170. The van der Waals surface area contributed by atoms with Gasteiger partial charge in [0.1, 0.15) is 12.6 Å². The lowest BCUT2D eigenvalue weighted by atomic mass is 9.76. The minimum absolute atomic E-state index is 0.0848. The van der Waals surface area contributed by atoms with Crippen molar-refractivity contribution in [2.75, 3.05) is 20.2 Å². The number of fused-ring (bicyclic) bond motifs is 2. The number of aliphatic hydroxyl groups excluding tert-OH is 1. The lowest BCUT2D eigenvalue weighted by Gasteiger charge is -2.31. The lowest BCUT2D eigenvalue weighted by molar-refractivity contribution is -0.170. The first-order valence-electron chi connectivity index (χ1n) is 9.96. The van der Waals surface area contributed by atoms with Gasteiger partial charge in [0, 0.05) is 36.3 Å². The summed E-state index contributed by atoms with van der Waals surface area (Å²) in [4.78, 5) is -0.226. The normalized spacial score (nSPS) is 24.3. The Morgan fingerprint density at radius 3 is 2.56 bits per heavy atom. The Morgan fingerprint density at radius 1 is 1.19 bits per heavy atom. The molecule has 0 spiro atoms. The highest BCUT2D eigenvalue weighted by Crippen LogP contribution is 2.53. The van der Waals surface area contributed by atoms with E-state index in [2.05, 4.69) is 0 Å². The Balaban J connectivity index is 1.95. The smallest absolute Gasteiger partial charge is 0.282 e. The molecule has 2 aliphatic carbocycles. The molecule has 4 rings (SSSR count). The highest BCUT2D eigenvalue weighted by Gasteiger charge is 2.52. The molecule has 2 aromatic carbocycles. The Labute approximate surface area is 189 Å². The Morgan fingerprint density at radius 2 is 1.91 bits per heavy atom. The van der Waals surface area contributed by atoms with Crippen LogP contribution in [0.3, 0.4) is 0 Å². The van der Waals surface area contributed by atoms with Gasteiger partial charge in [0.05, 0.1) is 11.0 Å². The molecule has 174 valence electrons. The van der Waals surface area contributed by atoms with Gasteiger partial charge in [-0.15, -0.1) is 0 Å². The van der Waals surface area contributed by atoms with Crippen LogP contribution < -0.4 is 0 Å². The Hall–Kier alpha value is -1.65. The summed E-state index contributed by atoms with van der Waals surface area (Å²) >= 11 is 6.33. The second-order valence-electron chi connectivity index (χ2n) is 8.24. The van der Waals surface area contributed by atoms with Crippen molar-refractivity contribution in [2.24, 2.45) is 0 Å². The summed E-state index contributed by atoms with van der Waals surface area (Å²) in [5, 5.41) is 10.5. The summed E-state index contributed by atoms with van der Waals surface area (Å²) in [6.07, 6.45) is -1.84.